The number of hydrogen-bond acceptors (Lipinski definition) is 2. The molecule has 0 bridgehead atoms. The molecule has 6 heteroatoms. The van der Waals surface area contributed by atoms with Crippen LogP contribution in [0.25, 0.3) is 0 Å². The molecule has 3 rings (SSSR count). The summed E-state index contributed by atoms with van der Waals surface area (Å²) in [6.45, 7) is 0.562. The van der Waals surface area contributed by atoms with Gasteiger partial charge in [-0.15, -0.1) is 0 Å². The molecule has 0 N–H and O–H groups in total. The van der Waals surface area contributed by atoms with E-state index in [-0.39, 0.29) is 5.75 Å². The molecular formula is C17H13F3N2O. The third-order valence-electron chi connectivity index (χ3n) is 3.19. The second-order valence-electron chi connectivity index (χ2n) is 4.99. The van der Waals surface area contributed by atoms with Gasteiger partial charge in [0.25, 0.3) is 0 Å². The molecule has 1 heterocycles. The molecule has 0 saturated carbocycles. The van der Waals surface area contributed by atoms with E-state index in [4.69, 9.17) is 4.74 Å². The van der Waals surface area contributed by atoms with Crippen molar-refractivity contribution in [1.82, 2.24) is 9.78 Å². The first-order chi connectivity index (χ1) is 11.0. The van der Waals surface area contributed by atoms with Crippen LogP contribution in [0.4, 0.5) is 13.2 Å². The molecule has 3 aromatic rings. The third-order valence-corrected chi connectivity index (χ3v) is 3.19. The maximum Gasteiger partial charge on any atom is 0.416 e. The van der Waals surface area contributed by atoms with E-state index in [9.17, 15) is 13.2 Å². The Kier molecular flexibility index (Phi) is 4.06. The first-order valence-electron chi connectivity index (χ1n) is 6.92. The summed E-state index contributed by atoms with van der Waals surface area (Å²) in [6.07, 6.45) is -1.27. The molecule has 0 spiro atoms. The van der Waals surface area contributed by atoms with Crippen molar-refractivity contribution in [2.45, 2.75) is 12.7 Å². The number of hydrogen-bond donors (Lipinski definition) is 0. The van der Waals surface area contributed by atoms with Gasteiger partial charge < -0.3 is 4.74 Å². The highest BCUT2D eigenvalue weighted by molar-refractivity contribution is 5.33. The van der Waals surface area contributed by atoms with E-state index in [0.717, 1.165) is 17.7 Å². The van der Waals surface area contributed by atoms with E-state index in [2.05, 4.69) is 5.10 Å². The quantitative estimate of drug-likeness (QED) is 0.694. The summed E-state index contributed by atoms with van der Waals surface area (Å²) in [5.41, 5.74) is 0.327. The summed E-state index contributed by atoms with van der Waals surface area (Å²) in [5, 5.41) is 4.15. The van der Waals surface area contributed by atoms with Gasteiger partial charge in [0.1, 0.15) is 5.75 Å². The zero-order chi connectivity index (χ0) is 16.3. The van der Waals surface area contributed by atoms with Crippen LogP contribution < -0.4 is 4.74 Å². The third kappa shape index (κ3) is 3.91. The lowest BCUT2D eigenvalue weighted by molar-refractivity contribution is -0.137. The van der Waals surface area contributed by atoms with Crippen LogP contribution in [-0.4, -0.2) is 9.78 Å². The molecule has 1 aromatic heterocycles. The number of halogens is 3. The lowest BCUT2D eigenvalue weighted by Crippen LogP contribution is -2.04. The van der Waals surface area contributed by atoms with Gasteiger partial charge in [0.05, 0.1) is 24.5 Å². The van der Waals surface area contributed by atoms with E-state index < -0.39 is 11.7 Å². The highest BCUT2D eigenvalue weighted by Crippen LogP contribution is 2.32. The molecule has 0 amide bonds. The molecule has 0 radical (unpaired) electrons. The zero-order valence-corrected chi connectivity index (χ0v) is 12.0. The minimum Gasteiger partial charge on any atom is -0.454 e. The number of ether oxygens (including phenoxy) is 1. The van der Waals surface area contributed by atoms with Gasteiger partial charge in [0.15, 0.2) is 5.75 Å². The Balaban J connectivity index is 1.72. The maximum atomic E-state index is 12.7. The van der Waals surface area contributed by atoms with Gasteiger partial charge in [-0.05, 0) is 23.8 Å². The van der Waals surface area contributed by atoms with Crippen LogP contribution in [0, 0.1) is 0 Å². The fourth-order valence-corrected chi connectivity index (χ4v) is 2.13. The summed E-state index contributed by atoms with van der Waals surface area (Å²) >= 11 is 0. The molecule has 0 aliphatic rings. The second kappa shape index (κ2) is 6.16. The average Bonchev–Trinajstić information content (AvgIpc) is 2.95. The lowest BCUT2D eigenvalue weighted by Gasteiger charge is -2.08. The molecule has 0 unspecified atom stereocenters. The average molecular weight is 318 g/mol. The summed E-state index contributed by atoms with van der Waals surface area (Å²) in [6, 6.07) is 14.5. The monoisotopic (exact) mass is 318 g/mol. The van der Waals surface area contributed by atoms with Crippen LogP contribution in [0.3, 0.4) is 0 Å². The van der Waals surface area contributed by atoms with Crippen molar-refractivity contribution in [2.24, 2.45) is 0 Å². The summed E-state index contributed by atoms with van der Waals surface area (Å²) < 4.78 is 45.2. The predicted molar refractivity (Wildman–Crippen MR) is 79.3 cm³/mol. The van der Waals surface area contributed by atoms with Crippen LogP contribution in [0.5, 0.6) is 11.5 Å². The first kappa shape index (κ1) is 15.1. The second-order valence-corrected chi connectivity index (χ2v) is 4.99. The standard InChI is InChI=1S/C17H13F3N2O/c18-17(19,20)14-7-4-8-15(9-14)23-16-10-21-22(12-16)11-13-5-2-1-3-6-13/h1-10,12H,11H2. The normalized spacial score (nSPS) is 11.4. The largest absolute Gasteiger partial charge is 0.454 e. The van der Waals surface area contributed by atoms with E-state index >= 15 is 0 Å². The van der Waals surface area contributed by atoms with Crippen LogP contribution in [-0.2, 0) is 12.7 Å². The number of nitrogens with zero attached hydrogens (tertiary/aromatic N) is 2. The van der Waals surface area contributed by atoms with Gasteiger partial charge in [-0.1, -0.05) is 36.4 Å². The van der Waals surface area contributed by atoms with E-state index in [0.29, 0.717) is 12.3 Å². The predicted octanol–water partition coefficient (Wildman–Crippen LogP) is 4.74. The van der Waals surface area contributed by atoms with Crippen molar-refractivity contribution in [3.05, 3.63) is 78.1 Å². The SMILES string of the molecule is FC(F)(F)c1cccc(Oc2cnn(Cc3ccccc3)c2)c1. The molecule has 0 atom stereocenters. The van der Waals surface area contributed by atoms with Gasteiger partial charge in [-0.2, -0.15) is 18.3 Å². The highest BCUT2D eigenvalue weighted by atomic mass is 19.4. The fraction of sp³-hybridized carbons (Fsp3) is 0.118. The van der Waals surface area contributed by atoms with Crippen molar-refractivity contribution in [1.29, 1.82) is 0 Å². The van der Waals surface area contributed by atoms with Crippen molar-refractivity contribution in [3.63, 3.8) is 0 Å². The molecule has 0 aliphatic heterocycles. The molecule has 0 saturated heterocycles. The summed E-state index contributed by atoms with van der Waals surface area (Å²) in [5.74, 6) is 0.513. The highest BCUT2D eigenvalue weighted by Gasteiger charge is 2.30. The van der Waals surface area contributed by atoms with E-state index in [1.54, 1.807) is 10.9 Å². The first-order valence-corrected chi connectivity index (χ1v) is 6.92. The zero-order valence-electron chi connectivity index (χ0n) is 12.0. The molecule has 2 aromatic carbocycles. The molecule has 23 heavy (non-hydrogen) atoms. The fourth-order valence-electron chi connectivity index (χ4n) is 2.13. The van der Waals surface area contributed by atoms with Crippen LogP contribution in [0.1, 0.15) is 11.1 Å². The van der Waals surface area contributed by atoms with Crippen molar-refractivity contribution >= 4 is 0 Å². The van der Waals surface area contributed by atoms with Gasteiger partial charge in [0, 0.05) is 0 Å². The van der Waals surface area contributed by atoms with Crippen LogP contribution in [0.2, 0.25) is 0 Å². The summed E-state index contributed by atoms with van der Waals surface area (Å²) in [4.78, 5) is 0. The molecule has 3 nitrogen and oxygen atoms in total. The molecule has 0 aliphatic carbocycles. The molecular weight excluding hydrogens is 305 g/mol. The Morgan fingerprint density at radius 3 is 2.48 bits per heavy atom. The van der Waals surface area contributed by atoms with E-state index in [1.165, 1.54) is 18.3 Å². The Hall–Kier alpha value is -2.76. The van der Waals surface area contributed by atoms with Gasteiger partial charge in [0.2, 0.25) is 0 Å². The summed E-state index contributed by atoms with van der Waals surface area (Å²) in [7, 11) is 0. The lowest BCUT2D eigenvalue weighted by atomic mass is 10.2. The number of alkyl halides is 3. The van der Waals surface area contributed by atoms with Crippen molar-refractivity contribution in [3.8, 4) is 11.5 Å². The Morgan fingerprint density at radius 2 is 1.74 bits per heavy atom. The smallest absolute Gasteiger partial charge is 0.416 e. The Labute approximate surface area is 130 Å². The maximum absolute atomic E-state index is 12.7. The molecule has 0 fully saturated rings. The molecule has 118 valence electrons. The Bertz CT molecular complexity index is 782. The van der Waals surface area contributed by atoms with Crippen molar-refractivity contribution < 1.29 is 17.9 Å². The number of aromatic nitrogens is 2. The minimum atomic E-state index is -4.39. The number of benzene rings is 2. The number of rotatable bonds is 4. The van der Waals surface area contributed by atoms with Gasteiger partial charge in [-0.3, -0.25) is 4.68 Å². The minimum absolute atomic E-state index is 0.124. The van der Waals surface area contributed by atoms with Crippen molar-refractivity contribution in [2.75, 3.05) is 0 Å². The van der Waals surface area contributed by atoms with Gasteiger partial charge in [-0.25, -0.2) is 0 Å². The van der Waals surface area contributed by atoms with Gasteiger partial charge >= 0.3 is 6.18 Å². The Morgan fingerprint density at radius 1 is 0.957 bits per heavy atom. The van der Waals surface area contributed by atoms with Crippen LogP contribution in [0.15, 0.2) is 67.0 Å². The van der Waals surface area contributed by atoms with E-state index in [1.807, 2.05) is 30.3 Å². The topological polar surface area (TPSA) is 27.1 Å². The van der Waals surface area contributed by atoms with Crippen LogP contribution >= 0.6 is 0 Å².